The van der Waals surface area contributed by atoms with Crippen molar-refractivity contribution in [3.05, 3.63) is 53.1 Å². The summed E-state index contributed by atoms with van der Waals surface area (Å²) in [5, 5.41) is 6.25. The van der Waals surface area contributed by atoms with E-state index in [1.54, 1.807) is 25.4 Å². The van der Waals surface area contributed by atoms with Crippen molar-refractivity contribution in [3.8, 4) is 0 Å². The molecular formula is C27H35N9O. The number of hydrogen-bond donors (Lipinski definition) is 3. The van der Waals surface area contributed by atoms with Crippen molar-refractivity contribution in [1.82, 2.24) is 25.3 Å². The Morgan fingerprint density at radius 2 is 1.86 bits per heavy atom. The monoisotopic (exact) mass is 501 g/mol. The minimum Gasteiger partial charge on any atom is -0.401 e. The zero-order chi connectivity index (χ0) is 26.7. The summed E-state index contributed by atoms with van der Waals surface area (Å²) in [6.07, 6.45) is 7.18. The molecule has 0 atom stereocenters. The first kappa shape index (κ1) is 26.0. The number of aromatic nitrogens is 4. The van der Waals surface area contributed by atoms with Crippen LogP contribution in [-0.2, 0) is 0 Å². The van der Waals surface area contributed by atoms with E-state index in [4.69, 9.17) is 10.7 Å². The second-order valence-corrected chi connectivity index (χ2v) is 10.3. The molecule has 4 N–H and O–H groups in total. The third-order valence-corrected chi connectivity index (χ3v) is 6.58. The number of amides is 1. The molecule has 3 aromatic rings. The Bertz CT molecular complexity index is 1380. The molecule has 0 bridgehead atoms. The number of benzene rings is 1. The molecule has 0 saturated carbocycles. The molecule has 37 heavy (non-hydrogen) atoms. The number of anilines is 3. The zero-order valence-corrected chi connectivity index (χ0v) is 22.4. The van der Waals surface area contributed by atoms with Crippen molar-refractivity contribution in [2.75, 3.05) is 30.4 Å². The number of nitrogens with one attached hydrogen (secondary N) is 2. The predicted octanol–water partition coefficient (Wildman–Crippen LogP) is 4.03. The highest BCUT2D eigenvalue weighted by Gasteiger charge is 2.19. The summed E-state index contributed by atoms with van der Waals surface area (Å²) >= 11 is 0. The maximum atomic E-state index is 13.2. The van der Waals surface area contributed by atoms with Gasteiger partial charge in [-0.25, -0.2) is 19.9 Å². The topological polar surface area (TPSA) is 134 Å². The fourth-order valence-corrected chi connectivity index (χ4v) is 3.96. The van der Waals surface area contributed by atoms with Crippen LogP contribution in [0, 0.1) is 19.3 Å². The fraction of sp³-hybridized carbons (Fsp3) is 0.407. The van der Waals surface area contributed by atoms with E-state index in [1.807, 2.05) is 40.7 Å². The number of carbonyl (C=O) groups excluding carboxylic acids is 1. The number of hydrogen-bond acceptors (Lipinski definition) is 9. The minimum atomic E-state index is -0.282. The highest BCUT2D eigenvalue weighted by atomic mass is 16.1. The van der Waals surface area contributed by atoms with Crippen molar-refractivity contribution < 1.29 is 4.79 Å². The van der Waals surface area contributed by atoms with Crippen molar-refractivity contribution in [3.63, 3.8) is 0 Å². The second-order valence-electron chi connectivity index (χ2n) is 10.3. The molecular weight excluding hydrogens is 466 g/mol. The van der Waals surface area contributed by atoms with Gasteiger partial charge < -0.3 is 21.3 Å². The molecule has 2 aromatic heterocycles. The van der Waals surface area contributed by atoms with Gasteiger partial charge in [-0.15, -0.1) is 0 Å². The van der Waals surface area contributed by atoms with Gasteiger partial charge in [0.05, 0.1) is 6.20 Å². The van der Waals surface area contributed by atoms with Crippen molar-refractivity contribution >= 4 is 40.2 Å². The van der Waals surface area contributed by atoms with Crippen molar-refractivity contribution in [1.29, 1.82) is 0 Å². The van der Waals surface area contributed by atoms with Crippen LogP contribution < -0.4 is 21.3 Å². The SMILES string of the molecule is CN=C(C=C(N)C(C)(C)C)NC(=O)c1cc(C)c(C)c(Nc2ncnc3cnc(N4CCCC4)nc23)c1. The molecule has 1 aromatic carbocycles. The molecule has 10 heteroatoms. The Kier molecular flexibility index (Phi) is 7.37. The Morgan fingerprint density at radius 1 is 1.14 bits per heavy atom. The maximum absolute atomic E-state index is 13.2. The fourth-order valence-electron chi connectivity index (χ4n) is 3.96. The largest absolute Gasteiger partial charge is 0.401 e. The van der Waals surface area contributed by atoms with Crippen LogP contribution in [0.15, 0.2) is 41.4 Å². The first-order valence-electron chi connectivity index (χ1n) is 12.4. The predicted molar refractivity (Wildman–Crippen MR) is 148 cm³/mol. The highest BCUT2D eigenvalue weighted by molar-refractivity contribution is 6.11. The average molecular weight is 502 g/mol. The first-order chi connectivity index (χ1) is 17.6. The number of amidine groups is 1. The van der Waals surface area contributed by atoms with Gasteiger partial charge in [-0.2, -0.15) is 0 Å². The molecule has 10 nitrogen and oxygen atoms in total. The Hall–Kier alpha value is -4.08. The number of aliphatic imine (C=N–C) groups is 1. The van der Waals surface area contributed by atoms with Crippen LogP contribution in [0.4, 0.5) is 17.5 Å². The van der Waals surface area contributed by atoms with E-state index in [0.717, 1.165) is 42.7 Å². The summed E-state index contributed by atoms with van der Waals surface area (Å²) in [5.41, 5.74) is 11.1. The molecule has 1 saturated heterocycles. The van der Waals surface area contributed by atoms with Gasteiger partial charge in [-0.1, -0.05) is 20.8 Å². The summed E-state index contributed by atoms with van der Waals surface area (Å²) in [6, 6.07) is 3.66. The lowest BCUT2D eigenvalue weighted by Crippen LogP contribution is -2.31. The van der Waals surface area contributed by atoms with Gasteiger partial charge >= 0.3 is 0 Å². The van der Waals surface area contributed by atoms with Crippen molar-refractivity contribution in [2.45, 2.75) is 47.5 Å². The van der Waals surface area contributed by atoms with Gasteiger partial charge in [0.25, 0.3) is 5.91 Å². The van der Waals surface area contributed by atoms with E-state index in [0.29, 0.717) is 39.9 Å². The lowest BCUT2D eigenvalue weighted by Gasteiger charge is -2.19. The summed E-state index contributed by atoms with van der Waals surface area (Å²) in [5.74, 6) is 1.36. The second kappa shape index (κ2) is 10.5. The van der Waals surface area contributed by atoms with E-state index in [-0.39, 0.29) is 11.3 Å². The lowest BCUT2D eigenvalue weighted by atomic mass is 9.92. The Morgan fingerprint density at radius 3 is 2.54 bits per heavy atom. The number of nitrogens with zero attached hydrogens (tertiary/aromatic N) is 6. The molecule has 0 radical (unpaired) electrons. The summed E-state index contributed by atoms with van der Waals surface area (Å²) in [7, 11) is 1.62. The molecule has 194 valence electrons. The molecule has 1 aliphatic rings. The van der Waals surface area contributed by atoms with Crippen molar-refractivity contribution in [2.24, 2.45) is 16.1 Å². The quantitative estimate of drug-likeness (QED) is 0.352. The Balaban J connectivity index is 1.64. The van der Waals surface area contributed by atoms with Gasteiger partial charge in [-0.05, 0) is 56.0 Å². The van der Waals surface area contributed by atoms with Gasteiger partial charge in [0.15, 0.2) is 5.82 Å². The number of allylic oxidation sites excluding steroid dienone is 1. The summed E-state index contributed by atoms with van der Waals surface area (Å²) in [6.45, 7) is 11.9. The van der Waals surface area contributed by atoms with Crippen LogP contribution in [0.25, 0.3) is 11.0 Å². The van der Waals surface area contributed by atoms with E-state index in [9.17, 15) is 4.79 Å². The van der Waals surface area contributed by atoms with Gasteiger partial charge in [0, 0.05) is 42.5 Å². The molecule has 0 unspecified atom stereocenters. The number of fused-ring (bicyclic) bond motifs is 1. The molecule has 3 heterocycles. The van der Waals surface area contributed by atoms with E-state index >= 15 is 0 Å². The Labute approximate surface area is 217 Å². The highest BCUT2D eigenvalue weighted by Crippen LogP contribution is 2.28. The maximum Gasteiger partial charge on any atom is 0.256 e. The number of nitrogens with two attached hydrogens (primary N) is 1. The average Bonchev–Trinajstić information content (AvgIpc) is 3.40. The molecule has 1 aliphatic heterocycles. The van der Waals surface area contributed by atoms with E-state index < -0.39 is 0 Å². The molecule has 0 aliphatic carbocycles. The lowest BCUT2D eigenvalue weighted by molar-refractivity contribution is 0.0977. The van der Waals surface area contributed by atoms with Crippen LogP contribution in [0.3, 0.4) is 0 Å². The minimum absolute atomic E-state index is 0.239. The molecule has 4 rings (SSSR count). The van der Waals surface area contributed by atoms with Gasteiger partial charge in [-0.3, -0.25) is 9.79 Å². The summed E-state index contributed by atoms with van der Waals surface area (Å²) < 4.78 is 0. The number of carbonyl (C=O) groups is 1. The third kappa shape index (κ3) is 5.84. The first-order valence-corrected chi connectivity index (χ1v) is 12.4. The zero-order valence-electron chi connectivity index (χ0n) is 22.4. The smallest absolute Gasteiger partial charge is 0.256 e. The van der Waals surface area contributed by atoms with Gasteiger partial charge in [0.1, 0.15) is 23.2 Å². The van der Waals surface area contributed by atoms with E-state index in [2.05, 4.69) is 35.5 Å². The summed E-state index contributed by atoms with van der Waals surface area (Å²) in [4.78, 5) is 37.6. The normalized spacial score (nSPS) is 14.8. The molecule has 0 spiro atoms. The van der Waals surface area contributed by atoms with E-state index in [1.165, 1.54) is 6.33 Å². The van der Waals surface area contributed by atoms with Crippen LogP contribution >= 0.6 is 0 Å². The molecule has 1 fully saturated rings. The standard InChI is InChI=1S/C27H35N9O/c1-16-11-18(25(37)34-22(29-6)13-21(28)27(3,4)5)12-19(17(16)2)33-24-23-20(31-15-32-24)14-30-26(35-23)36-9-7-8-10-36/h11-15H,7-10,28H2,1-6H3,(H,29,34,37)(H,31,32,33). The van der Waals surface area contributed by atoms with Crippen LogP contribution in [-0.4, -0.2) is 51.8 Å². The third-order valence-electron chi connectivity index (χ3n) is 6.58. The van der Waals surface area contributed by atoms with Gasteiger partial charge in [0.2, 0.25) is 5.95 Å². The number of aryl methyl sites for hydroxylation is 1. The number of rotatable bonds is 5. The van der Waals surface area contributed by atoms with Crippen LogP contribution in [0.5, 0.6) is 0 Å². The van der Waals surface area contributed by atoms with Crippen LogP contribution in [0.2, 0.25) is 0 Å². The van der Waals surface area contributed by atoms with Crippen LogP contribution in [0.1, 0.15) is 55.1 Å². The molecule has 1 amide bonds.